The molecule has 1 heterocycles. The Balaban J connectivity index is 1.95. The molecule has 0 aromatic heterocycles. The number of rotatable bonds is 7. The zero-order chi connectivity index (χ0) is 25.9. The highest BCUT2D eigenvalue weighted by atomic mass is 35.5. The summed E-state index contributed by atoms with van der Waals surface area (Å²) in [6, 6.07) is 10.8. The van der Waals surface area contributed by atoms with Crippen LogP contribution >= 0.6 is 23.2 Å². The van der Waals surface area contributed by atoms with Gasteiger partial charge in [0, 0.05) is 21.4 Å². The minimum Gasteiger partial charge on any atom is -0.480 e. The molecular formula is C22H23Cl2N5O6. The van der Waals surface area contributed by atoms with E-state index in [0.29, 0.717) is 20.8 Å². The molecule has 0 saturated carbocycles. The molecule has 11 nitrogen and oxygen atoms in total. The third-order valence-electron chi connectivity index (χ3n) is 5.35. The molecule has 0 spiro atoms. The number of halogens is 2. The van der Waals surface area contributed by atoms with E-state index in [-0.39, 0.29) is 5.69 Å². The van der Waals surface area contributed by atoms with Gasteiger partial charge in [-0.2, -0.15) is 5.06 Å². The van der Waals surface area contributed by atoms with E-state index in [4.69, 9.17) is 28.3 Å². The number of carboxylic acids is 1. The number of hydroxylamine groups is 2. The lowest BCUT2D eigenvalue weighted by atomic mass is 9.99. The molecule has 2 aromatic carbocycles. The summed E-state index contributed by atoms with van der Waals surface area (Å²) in [6.45, 7) is 1.97. The molecule has 4 N–H and O–H groups in total. The van der Waals surface area contributed by atoms with Gasteiger partial charge >= 0.3 is 18.0 Å². The van der Waals surface area contributed by atoms with E-state index in [1.165, 1.54) is 12.1 Å². The Morgan fingerprint density at radius 2 is 1.71 bits per heavy atom. The highest BCUT2D eigenvalue weighted by Crippen LogP contribution is 2.38. The summed E-state index contributed by atoms with van der Waals surface area (Å²) in [5, 5.41) is 25.5. The number of carbonyl (C=O) groups excluding carboxylic acids is 3. The van der Waals surface area contributed by atoms with Gasteiger partial charge in [-0.25, -0.2) is 9.59 Å². The SMILES string of the molecule is CC1(C)C(N(O)C(=O)Nc2cccc(Cl)c2)N(c2cccc(Cl)c2)C(=O)N1CC(=O)NCC(=O)O. The van der Waals surface area contributed by atoms with Crippen molar-refractivity contribution in [3.8, 4) is 0 Å². The fourth-order valence-electron chi connectivity index (χ4n) is 3.73. The molecule has 0 aliphatic carbocycles. The summed E-state index contributed by atoms with van der Waals surface area (Å²) in [4.78, 5) is 51.8. The number of carbonyl (C=O) groups is 4. The maximum atomic E-state index is 13.5. The number of carboxylic acid groups (broad SMARTS) is 1. The maximum absolute atomic E-state index is 13.5. The standard InChI is InChI=1S/C22H23Cl2N5O6/c1-22(2)19(29(35)20(33)26-15-7-3-5-13(23)9-15)28(16-8-4-6-14(24)10-16)21(34)27(22)12-17(30)25-11-18(31)32/h3-10,19,35H,11-12H2,1-2H3,(H,25,30)(H,26,33)(H,31,32). The molecule has 0 radical (unpaired) electrons. The zero-order valence-electron chi connectivity index (χ0n) is 18.7. The molecule has 1 aliphatic rings. The van der Waals surface area contributed by atoms with E-state index < -0.39 is 48.7 Å². The second kappa shape index (κ2) is 10.4. The predicted octanol–water partition coefficient (Wildman–Crippen LogP) is 3.46. The van der Waals surface area contributed by atoms with Crippen LogP contribution < -0.4 is 15.5 Å². The monoisotopic (exact) mass is 523 g/mol. The van der Waals surface area contributed by atoms with E-state index >= 15 is 0 Å². The Morgan fingerprint density at radius 1 is 1.09 bits per heavy atom. The fourth-order valence-corrected chi connectivity index (χ4v) is 4.10. The molecule has 186 valence electrons. The fraction of sp³-hybridized carbons (Fsp3) is 0.273. The number of anilines is 2. The molecule has 35 heavy (non-hydrogen) atoms. The minimum absolute atomic E-state index is 0.267. The van der Waals surface area contributed by atoms with Crippen LogP contribution in [0.3, 0.4) is 0 Å². The van der Waals surface area contributed by atoms with E-state index in [1.54, 1.807) is 50.2 Å². The van der Waals surface area contributed by atoms with Crippen molar-refractivity contribution in [2.75, 3.05) is 23.3 Å². The first-order valence-corrected chi connectivity index (χ1v) is 11.1. The van der Waals surface area contributed by atoms with Gasteiger partial charge in [0.05, 0.1) is 5.54 Å². The highest BCUT2D eigenvalue weighted by Gasteiger charge is 2.56. The number of nitrogens with zero attached hydrogens (tertiary/aromatic N) is 3. The third kappa shape index (κ3) is 5.76. The van der Waals surface area contributed by atoms with Crippen LogP contribution in [0.1, 0.15) is 13.8 Å². The summed E-state index contributed by atoms with van der Waals surface area (Å²) >= 11 is 12.1. The van der Waals surface area contributed by atoms with Crippen LogP contribution in [0.15, 0.2) is 48.5 Å². The van der Waals surface area contributed by atoms with Crippen LogP contribution in [0.2, 0.25) is 10.0 Å². The van der Waals surface area contributed by atoms with Gasteiger partial charge < -0.3 is 20.6 Å². The van der Waals surface area contributed by atoms with Crippen molar-refractivity contribution in [1.29, 1.82) is 0 Å². The van der Waals surface area contributed by atoms with Crippen molar-refractivity contribution < 1.29 is 29.5 Å². The number of urea groups is 2. The van der Waals surface area contributed by atoms with E-state index in [9.17, 15) is 24.4 Å². The second-order valence-electron chi connectivity index (χ2n) is 8.20. The summed E-state index contributed by atoms with van der Waals surface area (Å²) in [5.74, 6) is -1.98. The largest absolute Gasteiger partial charge is 0.480 e. The van der Waals surface area contributed by atoms with Gasteiger partial charge in [-0.3, -0.25) is 19.7 Å². The summed E-state index contributed by atoms with van der Waals surface area (Å²) in [6.07, 6.45) is -1.31. The topological polar surface area (TPSA) is 143 Å². The molecule has 13 heteroatoms. The predicted molar refractivity (Wildman–Crippen MR) is 129 cm³/mol. The average molecular weight is 524 g/mol. The van der Waals surface area contributed by atoms with Crippen molar-refractivity contribution in [1.82, 2.24) is 15.3 Å². The van der Waals surface area contributed by atoms with Crippen LogP contribution in [0.5, 0.6) is 0 Å². The summed E-state index contributed by atoms with van der Waals surface area (Å²) in [7, 11) is 0. The number of hydrogen-bond donors (Lipinski definition) is 4. The molecule has 1 atom stereocenters. The average Bonchev–Trinajstić information content (AvgIpc) is 2.97. The Labute approximate surface area is 210 Å². The molecule has 1 fully saturated rings. The van der Waals surface area contributed by atoms with E-state index in [1.807, 2.05) is 0 Å². The maximum Gasteiger partial charge on any atom is 0.347 e. The van der Waals surface area contributed by atoms with E-state index in [2.05, 4.69) is 10.6 Å². The number of aliphatic carboxylic acids is 1. The molecular weight excluding hydrogens is 501 g/mol. The van der Waals surface area contributed by atoms with Gasteiger partial charge in [0.1, 0.15) is 13.1 Å². The number of nitrogens with one attached hydrogen (secondary N) is 2. The van der Waals surface area contributed by atoms with Gasteiger partial charge in [-0.1, -0.05) is 35.3 Å². The molecule has 5 amide bonds. The van der Waals surface area contributed by atoms with Crippen LogP contribution in [0.4, 0.5) is 21.0 Å². The number of amides is 5. The Hall–Kier alpha value is -3.54. The molecule has 1 saturated heterocycles. The molecule has 1 unspecified atom stereocenters. The Morgan fingerprint density at radius 3 is 2.31 bits per heavy atom. The lowest BCUT2D eigenvalue weighted by Gasteiger charge is -2.38. The van der Waals surface area contributed by atoms with Crippen LogP contribution in [0, 0.1) is 0 Å². The second-order valence-corrected chi connectivity index (χ2v) is 9.07. The number of hydrogen-bond acceptors (Lipinski definition) is 5. The Kier molecular flexibility index (Phi) is 7.73. The minimum atomic E-state index is -1.32. The van der Waals surface area contributed by atoms with Crippen LogP contribution in [-0.4, -0.2) is 69.0 Å². The van der Waals surface area contributed by atoms with E-state index in [0.717, 1.165) is 9.80 Å². The summed E-state index contributed by atoms with van der Waals surface area (Å²) < 4.78 is 0. The lowest BCUT2D eigenvalue weighted by molar-refractivity contribution is -0.138. The van der Waals surface area contributed by atoms with Crippen LogP contribution in [0.25, 0.3) is 0 Å². The molecule has 1 aliphatic heterocycles. The van der Waals surface area contributed by atoms with Crippen molar-refractivity contribution in [2.24, 2.45) is 0 Å². The van der Waals surface area contributed by atoms with Gasteiger partial charge in [0.25, 0.3) is 0 Å². The molecule has 3 rings (SSSR count). The van der Waals surface area contributed by atoms with Crippen molar-refractivity contribution in [3.05, 3.63) is 58.6 Å². The quantitative estimate of drug-likeness (QED) is 0.323. The van der Waals surface area contributed by atoms with Crippen molar-refractivity contribution in [3.63, 3.8) is 0 Å². The van der Waals surface area contributed by atoms with Gasteiger partial charge in [-0.05, 0) is 50.2 Å². The molecule has 0 bridgehead atoms. The van der Waals surface area contributed by atoms with Crippen LogP contribution in [-0.2, 0) is 9.59 Å². The van der Waals surface area contributed by atoms with Crippen molar-refractivity contribution in [2.45, 2.75) is 25.6 Å². The first kappa shape index (κ1) is 26.1. The van der Waals surface area contributed by atoms with Gasteiger partial charge in [-0.15, -0.1) is 0 Å². The van der Waals surface area contributed by atoms with Crippen molar-refractivity contribution >= 4 is 58.5 Å². The highest BCUT2D eigenvalue weighted by molar-refractivity contribution is 6.31. The van der Waals surface area contributed by atoms with Gasteiger partial charge in [0.15, 0.2) is 6.17 Å². The lowest BCUT2D eigenvalue weighted by Crippen LogP contribution is -2.58. The zero-order valence-corrected chi connectivity index (χ0v) is 20.2. The van der Waals surface area contributed by atoms with Gasteiger partial charge in [0.2, 0.25) is 5.91 Å². The number of benzene rings is 2. The summed E-state index contributed by atoms with van der Waals surface area (Å²) in [5.41, 5.74) is -0.744. The normalized spacial score (nSPS) is 16.7. The first-order chi connectivity index (χ1) is 16.4. The first-order valence-electron chi connectivity index (χ1n) is 10.3. The third-order valence-corrected chi connectivity index (χ3v) is 5.82. The molecule has 2 aromatic rings. The smallest absolute Gasteiger partial charge is 0.347 e. The Bertz CT molecular complexity index is 1160.